The van der Waals surface area contributed by atoms with Gasteiger partial charge in [0.25, 0.3) is 5.91 Å². The number of methoxy groups -OCH3 is 1. The van der Waals surface area contributed by atoms with Crippen LogP contribution in [0.1, 0.15) is 37.2 Å². The third kappa shape index (κ3) is 4.17. The zero-order valence-corrected chi connectivity index (χ0v) is 17.7. The molecule has 0 unspecified atom stereocenters. The maximum Gasteiger partial charge on any atom is 0.274 e. The van der Waals surface area contributed by atoms with Crippen molar-refractivity contribution in [3.05, 3.63) is 36.4 Å². The minimum Gasteiger partial charge on any atom is -0.494 e. The number of piperidine rings is 1. The van der Waals surface area contributed by atoms with Gasteiger partial charge in [-0.25, -0.2) is 15.0 Å². The molecule has 1 N–H and O–H groups in total. The molecule has 8 heteroatoms. The van der Waals surface area contributed by atoms with Gasteiger partial charge in [-0.05, 0) is 36.8 Å². The Morgan fingerprint density at radius 1 is 1.31 bits per heavy atom. The van der Waals surface area contributed by atoms with Crippen LogP contribution >= 0.6 is 11.3 Å². The standard InChI is InChI=1S/C21H25N5O2S/c1-13(2)14-5-8-26(9-6-14)21-25-17-10-18(28-3)16(11-19(17)29-21)24-20(27)15-4-7-22-12-23-15/h4,7,10-14H,5-6,8-9H2,1-3H3,(H,24,27). The molecular formula is C21H25N5O2S. The van der Waals surface area contributed by atoms with E-state index in [4.69, 9.17) is 9.72 Å². The molecule has 0 saturated carbocycles. The molecule has 3 aromatic rings. The average molecular weight is 412 g/mol. The average Bonchev–Trinajstić information content (AvgIpc) is 3.16. The predicted octanol–water partition coefficient (Wildman–Crippen LogP) is 4.22. The molecule has 1 fully saturated rings. The number of rotatable bonds is 5. The number of benzene rings is 1. The number of hydrogen-bond donors (Lipinski definition) is 1. The number of nitrogens with zero attached hydrogens (tertiary/aromatic N) is 4. The summed E-state index contributed by atoms with van der Waals surface area (Å²) < 4.78 is 6.51. The smallest absolute Gasteiger partial charge is 0.274 e. The van der Waals surface area contributed by atoms with E-state index in [0.29, 0.717) is 17.1 Å². The molecule has 0 atom stereocenters. The summed E-state index contributed by atoms with van der Waals surface area (Å²) in [7, 11) is 1.59. The highest BCUT2D eigenvalue weighted by atomic mass is 32.1. The van der Waals surface area contributed by atoms with Crippen LogP contribution in [0.25, 0.3) is 10.2 Å². The lowest BCUT2D eigenvalue weighted by atomic mass is 9.87. The first-order chi connectivity index (χ1) is 14.0. The van der Waals surface area contributed by atoms with Crippen LogP contribution < -0.4 is 15.0 Å². The molecular weight excluding hydrogens is 386 g/mol. The molecule has 29 heavy (non-hydrogen) atoms. The van der Waals surface area contributed by atoms with E-state index in [1.165, 1.54) is 19.2 Å². The van der Waals surface area contributed by atoms with Crippen LogP contribution in [0.4, 0.5) is 10.8 Å². The van der Waals surface area contributed by atoms with Gasteiger partial charge >= 0.3 is 0 Å². The van der Waals surface area contributed by atoms with E-state index in [9.17, 15) is 4.79 Å². The third-order valence-electron chi connectivity index (χ3n) is 5.51. The van der Waals surface area contributed by atoms with E-state index in [1.54, 1.807) is 30.7 Å². The Labute approximate surface area is 174 Å². The van der Waals surface area contributed by atoms with E-state index in [-0.39, 0.29) is 5.91 Å². The Balaban J connectivity index is 1.57. The van der Waals surface area contributed by atoms with Crippen molar-refractivity contribution in [1.82, 2.24) is 15.0 Å². The molecule has 7 nitrogen and oxygen atoms in total. The molecule has 0 radical (unpaired) electrons. The Bertz CT molecular complexity index is 997. The van der Waals surface area contributed by atoms with E-state index in [2.05, 4.69) is 34.0 Å². The second kappa shape index (κ2) is 8.32. The van der Waals surface area contributed by atoms with E-state index in [0.717, 1.165) is 40.3 Å². The van der Waals surface area contributed by atoms with Crippen molar-refractivity contribution < 1.29 is 9.53 Å². The first kappa shape index (κ1) is 19.6. The van der Waals surface area contributed by atoms with Crippen molar-refractivity contribution in [1.29, 1.82) is 0 Å². The summed E-state index contributed by atoms with van der Waals surface area (Å²) in [5, 5.41) is 3.92. The van der Waals surface area contributed by atoms with E-state index >= 15 is 0 Å². The lowest BCUT2D eigenvalue weighted by Gasteiger charge is -2.33. The largest absolute Gasteiger partial charge is 0.494 e. The highest BCUT2D eigenvalue weighted by Crippen LogP contribution is 2.37. The number of nitrogens with one attached hydrogen (secondary N) is 1. The van der Waals surface area contributed by atoms with E-state index in [1.807, 2.05) is 12.1 Å². The molecule has 3 heterocycles. The van der Waals surface area contributed by atoms with Crippen LogP contribution in [0, 0.1) is 11.8 Å². The number of fused-ring (bicyclic) bond motifs is 1. The first-order valence-electron chi connectivity index (χ1n) is 9.86. The number of anilines is 2. The van der Waals surface area contributed by atoms with Gasteiger partial charge in [-0.15, -0.1) is 0 Å². The molecule has 0 spiro atoms. The molecule has 152 valence electrons. The third-order valence-corrected chi connectivity index (χ3v) is 6.59. The van der Waals surface area contributed by atoms with Crippen molar-refractivity contribution >= 4 is 38.3 Å². The SMILES string of the molecule is COc1cc2nc(N3CCC(C(C)C)CC3)sc2cc1NC(=O)c1ccncn1. The highest BCUT2D eigenvalue weighted by Gasteiger charge is 2.24. The molecule has 1 aliphatic heterocycles. The second-order valence-electron chi connectivity index (χ2n) is 7.63. The number of carbonyl (C=O) groups is 1. The summed E-state index contributed by atoms with van der Waals surface area (Å²) in [6.07, 6.45) is 5.31. The van der Waals surface area contributed by atoms with Gasteiger partial charge in [0.05, 0.1) is 23.0 Å². The number of ether oxygens (including phenoxy) is 1. The van der Waals surface area contributed by atoms with Gasteiger partial charge < -0.3 is 15.0 Å². The summed E-state index contributed by atoms with van der Waals surface area (Å²) >= 11 is 1.65. The molecule has 1 aromatic carbocycles. The van der Waals surface area contributed by atoms with Crippen LogP contribution in [-0.4, -0.2) is 41.1 Å². The second-order valence-corrected chi connectivity index (χ2v) is 8.64. The fraction of sp³-hybridized carbons (Fsp3) is 0.429. The number of carbonyl (C=O) groups excluding carboxylic acids is 1. The summed E-state index contributed by atoms with van der Waals surface area (Å²) in [6.45, 7) is 6.69. The molecule has 1 saturated heterocycles. The zero-order valence-electron chi connectivity index (χ0n) is 16.9. The summed E-state index contributed by atoms with van der Waals surface area (Å²) in [4.78, 5) is 27.5. The number of hydrogen-bond acceptors (Lipinski definition) is 7. The highest BCUT2D eigenvalue weighted by molar-refractivity contribution is 7.22. The number of amides is 1. The van der Waals surface area contributed by atoms with Crippen molar-refractivity contribution in [2.75, 3.05) is 30.4 Å². The van der Waals surface area contributed by atoms with E-state index < -0.39 is 0 Å². The Morgan fingerprint density at radius 2 is 2.10 bits per heavy atom. The van der Waals surface area contributed by atoms with Crippen molar-refractivity contribution in [3.63, 3.8) is 0 Å². The Kier molecular flexibility index (Phi) is 5.62. The molecule has 1 aliphatic rings. The molecule has 2 aromatic heterocycles. The molecule has 1 amide bonds. The summed E-state index contributed by atoms with van der Waals surface area (Å²) in [5.74, 6) is 1.81. The van der Waals surface area contributed by atoms with Gasteiger partial charge in [0.2, 0.25) is 0 Å². The van der Waals surface area contributed by atoms with Crippen LogP contribution in [0.2, 0.25) is 0 Å². The summed E-state index contributed by atoms with van der Waals surface area (Å²) in [6, 6.07) is 5.38. The fourth-order valence-electron chi connectivity index (χ4n) is 3.71. The minimum absolute atomic E-state index is 0.300. The normalized spacial score (nSPS) is 15.1. The predicted molar refractivity (Wildman–Crippen MR) is 116 cm³/mol. The van der Waals surface area contributed by atoms with Crippen LogP contribution in [0.3, 0.4) is 0 Å². The van der Waals surface area contributed by atoms with Gasteiger partial charge in [-0.1, -0.05) is 25.2 Å². The van der Waals surface area contributed by atoms with Gasteiger partial charge in [0.15, 0.2) is 5.13 Å². The zero-order chi connectivity index (χ0) is 20.4. The number of aromatic nitrogens is 3. The maximum atomic E-state index is 12.5. The lowest BCUT2D eigenvalue weighted by Crippen LogP contribution is -2.35. The topological polar surface area (TPSA) is 80.2 Å². The van der Waals surface area contributed by atoms with Crippen molar-refractivity contribution in [2.45, 2.75) is 26.7 Å². The molecule has 0 bridgehead atoms. The molecule has 0 aliphatic carbocycles. The van der Waals surface area contributed by atoms with Gasteiger partial charge in [0, 0.05) is 25.4 Å². The van der Waals surface area contributed by atoms with Crippen LogP contribution in [0.15, 0.2) is 30.7 Å². The molecule has 4 rings (SSSR count). The van der Waals surface area contributed by atoms with Gasteiger partial charge in [-0.3, -0.25) is 4.79 Å². The summed E-state index contributed by atoms with van der Waals surface area (Å²) in [5.41, 5.74) is 1.80. The maximum absolute atomic E-state index is 12.5. The first-order valence-corrected chi connectivity index (χ1v) is 10.7. The Hall–Kier alpha value is -2.74. The monoisotopic (exact) mass is 411 g/mol. The van der Waals surface area contributed by atoms with Crippen LogP contribution in [0.5, 0.6) is 5.75 Å². The van der Waals surface area contributed by atoms with Gasteiger partial charge in [0.1, 0.15) is 17.8 Å². The van der Waals surface area contributed by atoms with Gasteiger partial charge in [-0.2, -0.15) is 0 Å². The van der Waals surface area contributed by atoms with Crippen LogP contribution in [-0.2, 0) is 0 Å². The Morgan fingerprint density at radius 3 is 2.76 bits per heavy atom. The van der Waals surface area contributed by atoms with Crippen molar-refractivity contribution in [3.8, 4) is 5.75 Å². The fourth-order valence-corrected chi connectivity index (χ4v) is 4.75. The minimum atomic E-state index is -0.300. The van der Waals surface area contributed by atoms with Crippen molar-refractivity contribution in [2.24, 2.45) is 11.8 Å². The number of thiazole rings is 1. The lowest BCUT2D eigenvalue weighted by molar-refractivity contribution is 0.102. The quantitative estimate of drug-likeness (QED) is 0.677.